The third kappa shape index (κ3) is 5.05. The molecule has 4 nitrogen and oxygen atoms in total. The van der Waals surface area contributed by atoms with Gasteiger partial charge in [0.15, 0.2) is 6.10 Å². The number of amides is 1. The van der Waals surface area contributed by atoms with Gasteiger partial charge in [0, 0.05) is 4.88 Å². The van der Waals surface area contributed by atoms with Crippen LogP contribution in [0, 0.1) is 20.8 Å². The number of ether oxygens (including phenoxy) is 1. The van der Waals surface area contributed by atoms with E-state index in [9.17, 15) is 4.79 Å². The molecular formula is C20H28N2O2S. The van der Waals surface area contributed by atoms with Crippen LogP contribution in [0.15, 0.2) is 18.2 Å². The Balaban J connectivity index is 2.05. The fourth-order valence-corrected chi connectivity index (χ4v) is 3.50. The lowest BCUT2D eigenvalue weighted by atomic mass is 9.85. The summed E-state index contributed by atoms with van der Waals surface area (Å²) in [6, 6.07) is 6.10. The van der Waals surface area contributed by atoms with E-state index in [1.165, 1.54) is 5.56 Å². The number of benzene rings is 1. The zero-order valence-electron chi connectivity index (χ0n) is 16.2. The van der Waals surface area contributed by atoms with E-state index >= 15 is 0 Å². The minimum atomic E-state index is -0.557. The predicted octanol–water partition coefficient (Wildman–Crippen LogP) is 4.45. The van der Waals surface area contributed by atoms with E-state index in [4.69, 9.17) is 4.74 Å². The van der Waals surface area contributed by atoms with Crippen LogP contribution >= 0.6 is 11.3 Å². The first-order chi connectivity index (χ1) is 11.6. The van der Waals surface area contributed by atoms with Gasteiger partial charge in [0.25, 0.3) is 5.91 Å². The van der Waals surface area contributed by atoms with Gasteiger partial charge in [0.05, 0.1) is 17.2 Å². The van der Waals surface area contributed by atoms with Crippen molar-refractivity contribution in [2.75, 3.05) is 0 Å². The number of carbonyl (C=O) groups excluding carboxylic acids is 1. The van der Waals surface area contributed by atoms with Crippen molar-refractivity contribution in [3.05, 3.63) is 44.9 Å². The molecule has 0 aliphatic rings. The number of thiazole rings is 1. The molecule has 0 saturated heterocycles. The summed E-state index contributed by atoms with van der Waals surface area (Å²) in [6.07, 6.45) is -0.557. The van der Waals surface area contributed by atoms with Crippen LogP contribution in [0.25, 0.3) is 0 Å². The first kappa shape index (κ1) is 19.4. The molecule has 1 N–H and O–H groups in total. The molecule has 136 valence electrons. The average Bonchev–Trinajstić information content (AvgIpc) is 2.83. The Bertz CT molecular complexity index is 760. The van der Waals surface area contributed by atoms with Gasteiger partial charge < -0.3 is 10.1 Å². The van der Waals surface area contributed by atoms with E-state index in [0.29, 0.717) is 6.54 Å². The molecule has 0 spiro atoms. The second kappa shape index (κ2) is 7.56. The number of aryl methyl sites for hydroxylation is 3. The molecule has 0 aliphatic heterocycles. The van der Waals surface area contributed by atoms with Crippen LogP contribution in [0.2, 0.25) is 0 Å². The van der Waals surface area contributed by atoms with Crippen molar-refractivity contribution in [2.45, 2.75) is 66.5 Å². The summed E-state index contributed by atoms with van der Waals surface area (Å²) in [5.74, 6) is 0.649. The molecule has 1 aromatic heterocycles. The van der Waals surface area contributed by atoms with Crippen LogP contribution in [0.1, 0.15) is 54.4 Å². The largest absolute Gasteiger partial charge is 0.481 e. The molecule has 2 rings (SSSR count). The molecule has 25 heavy (non-hydrogen) atoms. The standard InChI is InChI=1S/C20H28N2O2S/c1-12-8-9-17(16(10-12)20(5,6)7)24-14(3)19(23)21-11-18-13(2)22-15(4)25-18/h8-10,14H,11H2,1-7H3,(H,21,23). The lowest BCUT2D eigenvalue weighted by Gasteiger charge is -2.25. The minimum absolute atomic E-state index is 0.0468. The molecular weight excluding hydrogens is 332 g/mol. The van der Waals surface area contributed by atoms with Gasteiger partial charge in [-0.15, -0.1) is 11.3 Å². The number of aromatic nitrogens is 1. The van der Waals surface area contributed by atoms with E-state index in [2.05, 4.69) is 44.1 Å². The molecule has 0 radical (unpaired) electrons. The summed E-state index contributed by atoms with van der Waals surface area (Å²) in [7, 11) is 0. The topological polar surface area (TPSA) is 51.2 Å². The molecule has 2 aromatic rings. The van der Waals surface area contributed by atoms with Crippen LogP contribution in [0.3, 0.4) is 0 Å². The highest BCUT2D eigenvalue weighted by Crippen LogP contribution is 2.32. The van der Waals surface area contributed by atoms with Crippen molar-refractivity contribution in [1.29, 1.82) is 0 Å². The van der Waals surface area contributed by atoms with Crippen molar-refractivity contribution >= 4 is 17.2 Å². The zero-order chi connectivity index (χ0) is 18.8. The Kier molecular flexibility index (Phi) is 5.88. The highest BCUT2D eigenvalue weighted by Gasteiger charge is 2.22. The van der Waals surface area contributed by atoms with E-state index in [1.54, 1.807) is 18.3 Å². The third-order valence-electron chi connectivity index (χ3n) is 4.04. The van der Waals surface area contributed by atoms with Gasteiger partial charge in [-0.25, -0.2) is 4.98 Å². The lowest BCUT2D eigenvalue weighted by Crippen LogP contribution is -2.36. The smallest absolute Gasteiger partial charge is 0.261 e. The Morgan fingerprint density at radius 2 is 1.96 bits per heavy atom. The van der Waals surface area contributed by atoms with E-state index in [-0.39, 0.29) is 11.3 Å². The second-order valence-corrected chi connectivity index (χ2v) is 8.76. The Labute approximate surface area is 154 Å². The molecule has 1 unspecified atom stereocenters. The molecule has 1 atom stereocenters. The van der Waals surface area contributed by atoms with Crippen molar-refractivity contribution in [3.63, 3.8) is 0 Å². The maximum absolute atomic E-state index is 12.4. The van der Waals surface area contributed by atoms with Gasteiger partial charge >= 0.3 is 0 Å². The van der Waals surface area contributed by atoms with Gasteiger partial charge in [0.1, 0.15) is 5.75 Å². The quantitative estimate of drug-likeness (QED) is 0.857. The van der Waals surface area contributed by atoms with Gasteiger partial charge in [0.2, 0.25) is 0 Å². The van der Waals surface area contributed by atoms with Crippen LogP contribution < -0.4 is 10.1 Å². The summed E-state index contributed by atoms with van der Waals surface area (Å²) in [4.78, 5) is 17.9. The number of nitrogens with zero attached hydrogens (tertiary/aromatic N) is 1. The zero-order valence-corrected chi connectivity index (χ0v) is 17.0. The van der Waals surface area contributed by atoms with Gasteiger partial charge in [-0.05, 0) is 44.7 Å². The number of rotatable bonds is 5. The van der Waals surface area contributed by atoms with Crippen molar-refractivity contribution in [3.8, 4) is 5.75 Å². The van der Waals surface area contributed by atoms with E-state index in [0.717, 1.165) is 26.9 Å². The van der Waals surface area contributed by atoms with Crippen LogP contribution in [0.4, 0.5) is 0 Å². The van der Waals surface area contributed by atoms with E-state index < -0.39 is 6.10 Å². The monoisotopic (exact) mass is 360 g/mol. The number of hydrogen-bond donors (Lipinski definition) is 1. The van der Waals surface area contributed by atoms with Crippen molar-refractivity contribution in [2.24, 2.45) is 0 Å². The molecule has 1 heterocycles. The molecule has 0 bridgehead atoms. The minimum Gasteiger partial charge on any atom is -0.481 e. The van der Waals surface area contributed by atoms with Crippen LogP contribution in [-0.4, -0.2) is 17.0 Å². The number of carbonyl (C=O) groups is 1. The predicted molar refractivity (Wildman–Crippen MR) is 103 cm³/mol. The molecule has 0 fully saturated rings. The molecule has 5 heteroatoms. The van der Waals surface area contributed by atoms with E-state index in [1.807, 2.05) is 26.0 Å². The normalized spacial score (nSPS) is 12.8. The molecule has 1 aromatic carbocycles. The van der Waals surface area contributed by atoms with Crippen molar-refractivity contribution < 1.29 is 9.53 Å². The van der Waals surface area contributed by atoms with Gasteiger partial charge in [-0.2, -0.15) is 0 Å². The summed E-state index contributed by atoms with van der Waals surface area (Å²) in [6.45, 7) is 14.7. The first-order valence-electron chi connectivity index (χ1n) is 8.56. The SMILES string of the molecule is Cc1ccc(OC(C)C(=O)NCc2sc(C)nc2C)c(C(C)(C)C)c1. The number of nitrogens with one attached hydrogen (secondary N) is 1. The van der Waals surface area contributed by atoms with Crippen molar-refractivity contribution in [1.82, 2.24) is 10.3 Å². The molecule has 0 saturated carbocycles. The van der Waals surface area contributed by atoms with Crippen LogP contribution in [0.5, 0.6) is 5.75 Å². The Morgan fingerprint density at radius 1 is 1.28 bits per heavy atom. The first-order valence-corrected chi connectivity index (χ1v) is 9.38. The highest BCUT2D eigenvalue weighted by atomic mass is 32.1. The lowest BCUT2D eigenvalue weighted by molar-refractivity contribution is -0.127. The summed E-state index contributed by atoms with van der Waals surface area (Å²) < 4.78 is 5.99. The molecule has 0 aliphatic carbocycles. The van der Waals surface area contributed by atoms with Gasteiger partial charge in [-0.3, -0.25) is 4.79 Å². The Morgan fingerprint density at radius 3 is 2.52 bits per heavy atom. The number of hydrogen-bond acceptors (Lipinski definition) is 4. The summed E-state index contributed by atoms with van der Waals surface area (Å²) >= 11 is 1.61. The summed E-state index contributed by atoms with van der Waals surface area (Å²) in [5.41, 5.74) is 3.23. The van der Waals surface area contributed by atoms with Crippen LogP contribution in [-0.2, 0) is 16.8 Å². The maximum Gasteiger partial charge on any atom is 0.261 e. The average molecular weight is 361 g/mol. The second-order valence-electron chi connectivity index (χ2n) is 7.47. The molecule has 1 amide bonds. The summed E-state index contributed by atoms with van der Waals surface area (Å²) in [5, 5.41) is 3.96. The third-order valence-corrected chi connectivity index (χ3v) is 5.11. The van der Waals surface area contributed by atoms with Gasteiger partial charge in [-0.1, -0.05) is 38.5 Å². The fraction of sp³-hybridized carbons (Fsp3) is 0.500. The fourth-order valence-electron chi connectivity index (χ4n) is 2.63. The Hall–Kier alpha value is -1.88. The highest BCUT2D eigenvalue weighted by molar-refractivity contribution is 7.11. The maximum atomic E-state index is 12.4.